The maximum absolute atomic E-state index is 9.31. The highest BCUT2D eigenvalue weighted by Gasteiger charge is 2.23. The van der Waals surface area contributed by atoms with Crippen molar-refractivity contribution in [2.45, 2.75) is 19.4 Å². The second-order valence-electron chi connectivity index (χ2n) is 5.09. The predicted octanol–water partition coefficient (Wildman–Crippen LogP) is 0.217. The molecule has 0 radical (unpaired) electrons. The molecule has 5 heteroatoms. The average molecular weight is 249 g/mol. The molecule has 0 heterocycles. The molecule has 0 amide bonds. The molecule has 0 atom stereocenters. The lowest BCUT2D eigenvalue weighted by Crippen LogP contribution is -2.32. The molecule has 0 aromatic heterocycles. The van der Waals surface area contributed by atoms with Crippen LogP contribution in [0.2, 0.25) is 0 Å². The number of hydrogen-bond donors (Lipinski definition) is 2. The molecular weight excluding hydrogens is 229 g/mol. The molecule has 1 aliphatic rings. The van der Waals surface area contributed by atoms with E-state index in [-0.39, 0.29) is 0 Å². The molecule has 0 bridgehead atoms. The first-order valence-electron chi connectivity index (χ1n) is 6.31. The van der Waals surface area contributed by atoms with E-state index in [4.69, 9.17) is 4.74 Å². The van der Waals surface area contributed by atoms with E-state index in [9.17, 15) is 10.0 Å². The van der Waals surface area contributed by atoms with Crippen molar-refractivity contribution in [3.63, 3.8) is 0 Å². The van der Waals surface area contributed by atoms with Crippen molar-refractivity contribution in [2.75, 3.05) is 20.7 Å². The second kappa shape index (κ2) is 5.74. The Bertz CT molecular complexity index is 407. The molecule has 1 fully saturated rings. The highest BCUT2D eigenvalue weighted by Crippen LogP contribution is 2.29. The fourth-order valence-corrected chi connectivity index (χ4v) is 2.20. The van der Waals surface area contributed by atoms with Crippen molar-refractivity contribution in [1.29, 1.82) is 0 Å². The van der Waals surface area contributed by atoms with Crippen LogP contribution in [0.4, 0.5) is 0 Å². The van der Waals surface area contributed by atoms with Crippen molar-refractivity contribution in [3.05, 3.63) is 23.8 Å². The summed E-state index contributed by atoms with van der Waals surface area (Å²) in [4.78, 5) is 2.27. The zero-order chi connectivity index (χ0) is 13.1. The monoisotopic (exact) mass is 249 g/mol. The van der Waals surface area contributed by atoms with Gasteiger partial charge in [0.15, 0.2) is 0 Å². The topological polar surface area (TPSA) is 52.9 Å². The lowest BCUT2D eigenvalue weighted by Gasteiger charge is -2.17. The number of nitrogens with zero attached hydrogens (tertiary/aromatic N) is 1. The normalized spacial score (nSPS) is 14.9. The molecule has 0 saturated heterocycles. The molecule has 2 rings (SSSR count). The highest BCUT2D eigenvalue weighted by molar-refractivity contribution is 6.59. The molecule has 1 aliphatic carbocycles. The van der Waals surface area contributed by atoms with Gasteiger partial charge in [0, 0.05) is 18.6 Å². The number of methoxy groups -OCH3 is 1. The van der Waals surface area contributed by atoms with E-state index in [2.05, 4.69) is 11.9 Å². The lowest BCUT2D eigenvalue weighted by atomic mass is 9.78. The number of rotatable bonds is 6. The Morgan fingerprint density at radius 1 is 1.39 bits per heavy atom. The molecule has 4 nitrogen and oxygen atoms in total. The van der Waals surface area contributed by atoms with E-state index < -0.39 is 7.12 Å². The number of benzene rings is 1. The van der Waals surface area contributed by atoms with Gasteiger partial charge in [0.2, 0.25) is 0 Å². The Morgan fingerprint density at radius 3 is 2.67 bits per heavy atom. The molecule has 1 saturated carbocycles. The molecule has 0 unspecified atom stereocenters. The van der Waals surface area contributed by atoms with Gasteiger partial charge in [-0.2, -0.15) is 0 Å². The van der Waals surface area contributed by atoms with E-state index in [1.807, 2.05) is 6.07 Å². The minimum atomic E-state index is -1.49. The van der Waals surface area contributed by atoms with Crippen molar-refractivity contribution in [2.24, 2.45) is 5.92 Å². The van der Waals surface area contributed by atoms with Crippen LogP contribution in [0.1, 0.15) is 18.4 Å². The van der Waals surface area contributed by atoms with Crippen LogP contribution in [0.25, 0.3) is 0 Å². The van der Waals surface area contributed by atoms with Crippen molar-refractivity contribution in [1.82, 2.24) is 4.90 Å². The highest BCUT2D eigenvalue weighted by atomic mass is 16.5. The summed E-state index contributed by atoms with van der Waals surface area (Å²) in [7, 11) is 2.13. The minimum absolute atomic E-state index is 0.426. The third-order valence-electron chi connectivity index (χ3n) is 3.29. The summed E-state index contributed by atoms with van der Waals surface area (Å²) in [6, 6.07) is 5.55. The van der Waals surface area contributed by atoms with Crippen molar-refractivity contribution in [3.8, 4) is 5.75 Å². The number of ether oxygens (including phenoxy) is 1. The van der Waals surface area contributed by atoms with Crippen LogP contribution in [0.5, 0.6) is 5.75 Å². The third-order valence-corrected chi connectivity index (χ3v) is 3.29. The Hall–Kier alpha value is -1.04. The fraction of sp³-hybridized carbons (Fsp3) is 0.538. The largest absolute Gasteiger partial charge is 0.497 e. The lowest BCUT2D eigenvalue weighted by molar-refractivity contribution is 0.313. The first-order chi connectivity index (χ1) is 8.60. The van der Waals surface area contributed by atoms with E-state index in [1.54, 1.807) is 12.1 Å². The Kier molecular flexibility index (Phi) is 4.27. The maximum atomic E-state index is 9.31. The van der Waals surface area contributed by atoms with Gasteiger partial charge < -0.3 is 19.7 Å². The zero-order valence-electron chi connectivity index (χ0n) is 11.0. The quantitative estimate of drug-likeness (QED) is 0.708. The van der Waals surface area contributed by atoms with Gasteiger partial charge in [0.05, 0.1) is 7.11 Å². The van der Waals surface area contributed by atoms with Gasteiger partial charge >= 0.3 is 7.12 Å². The molecule has 18 heavy (non-hydrogen) atoms. The standard InChI is InChI=1S/C13H20BNO3/c1-15(8-10-3-4-10)9-11-5-6-13(18-2)12(7-11)14(16)17/h5-7,10,16-17H,3-4,8-9H2,1-2H3. The minimum Gasteiger partial charge on any atom is -0.497 e. The summed E-state index contributed by atoms with van der Waals surface area (Å²) in [6.07, 6.45) is 2.68. The van der Waals surface area contributed by atoms with Gasteiger partial charge in [-0.05, 0) is 37.4 Å². The Morgan fingerprint density at radius 2 is 2.11 bits per heavy atom. The molecule has 1 aromatic rings. The molecule has 2 N–H and O–H groups in total. The Balaban J connectivity index is 2.05. The summed E-state index contributed by atoms with van der Waals surface area (Å²) in [5, 5.41) is 18.6. The molecule has 1 aromatic carbocycles. The van der Waals surface area contributed by atoms with Crippen molar-refractivity contribution < 1.29 is 14.8 Å². The summed E-state index contributed by atoms with van der Waals surface area (Å²) in [6.45, 7) is 1.93. The van der Waals surface area contributed by atoms with E-state index in [0.29, 0.717) is 11.2 Å². The van der Waals surface area contributed by atoms with Crippen LogP contribution in [-0.2, 0) is 6.54 Å². The predicted molar refractivity (Wildman–Crippen MR) is 71.9 cm³/mol. The Labute approximate surface area is 108 Å². The average Bonchev–Trinajstić information content (AvgIpc) is 3.12. The second-order valence-corrected chi connectivity index (χ2v) is 5.09. The van der Waals surface area contributed by atoms with Crippen LogP contribution in [0, 0.1) is 5.92 Å². The molecular formula is C13H20BNO3. The first kappa shape index (κ1) is 13.4. The van der Waals surface area contributed by atoms with Crippen LogP contribution >= 0.6 is 0 Å². The van der Waals surface area contributed by atoms with Crippen LogP contribution in [0.15, 0.2) is 18.2 Å². The molecule has 98 valence electrons. The van der Waals surface area contributed by atoms with Gasteiger partial charge in [0.1, 0.15) is 5.75 Å². The van der Waals surface area contributed by atoms with Gasteiger partial charge in [-0.3, -0.25) is 0 Å². The summed E-state index contributed by atoms with van der Waals surface area (Å²) in [5.74, 6) is 1.37. The van der Waals surface area contributed by atoms with Gasteiger partial charge in [-0.15, -0.1) is 0 Å². The van der Waals surface area contributed by atoms with Gasteiger partial charge in [-0.25, -0.2) is 0 Å². The van der Waals surface area contributed by atoms with Crippen LogP contribution in [0.3, 0.4) is 0 Å². The third kappa shape index (κ3) is 3.48. The van der Waals surface area contributed by atoms with Crippen molar-refractivity contribution >= 4 is 12.6 Å². The fourth-order valence-electron chi connectivity index (χ4n) is 2.20. The molecule has 0 aliphatic heterocycles. The number of hydrogen-bond acceptors (Lipinski definition) is 4. The van der Waals surface area contributed by atoms with E-state index in [1.165, 1.54) is 20.0 Å². The smallest absolute Gasteiger partial charge is 0.492 e. The zero-order valence-corrected chi connectivity index (χ0v) is 11.0. The molecule has 0 spiro atoms. The van der Waals surface area contributed by atoms with Gasteiger partial charge in [-0.1, -0.05) is 12.1 Å². The SMILES string of the molecule is COc1ccc(CN(C)CC2CC2)cc1B(O)O. The van der Waals surface area contributed by atoms with Crippen LogP contribution in [-0.4, -0.2) is 42.8 Å². The van der Waals surface area contributed by atoms with Crippen LogP contribution < -0.4 is 10.2 Å². The summed E-state index contributed by atoms with van der Waals surface area (Å²) < 4.78 is 5.11. The van der Waals surface area contributed by atoms with E-state index >= 15 is 0 Å². The summed E-state index contributed by atoms with van der Waals surface area (Å²) >= 11 is 0. The first-order valence-corrected chi connectivity index (χ1v) is 6.31. The summed E-state index contributed by atoms with van der Waals surface area (Å²) in [5.41, 5.74) is 1.50. The van der Waals surface area contributed by atoms with E-state index in [0.717, 1.165) is 24.6 Å². The maximum Gasteiger partial charge on any atom is 0.492 e. The van der Waals surface area contributed by atoms with Gasteiger partial charge in [0.25, 0.3) is 0 Å².